The van der Waals surface area contributed by atoms with Crippen LogP contribution in [0.15, 0.2) is 53.6 Å². The molecule has 0 radical (unpaired) electrons. The molecule has 2 aromatic rings. The molecular formula is C23H23ClFN3O2. The molecule has 1 heterocycles. The molecule has 1 fully saturated rings. The van der Waals surface area contributed by atoms with E-state index in [1.165, 1.54) is 16.0 Å². The van der Waals surface area contributed by atoms with Crippen molar-refractivity contribution in [3.63, 3.8) is 0 Å². The van der Waals surface area contributed by atoms with E-state index < -0.39 is 0 Å². The lowest BCUT2D eigenvalue weighted by atomic mass is 9.84. The summed E-state index contributed by atoms with van der Waals surface area (Å²) in [6.45, 7) is -0.0620. The molecule has 0 bridgehead atoms. The molecule has 1 unspecified atom stereocenters. The topological polar surface area (TPSA) is 53.0 Å². The van der Waals surface area contributed by atoms with Gasteiger partial charge in [0.1, 0.15) is 12.4 Å². The fourth-order valence-electron chi connectivity index (χ4n) is 3.86. The van der Waals surface area contributed by atoms with E-state index in [0.717, 1.165) is 24.8 Å². The van der Waals surface area contributed by atoms with Gasteiger partial charge in [0.2, 0.25) is 5.91 Å². The maximum Gasteiger partial charge on any atom is 0.262 e. The predicted molar refractivity (Wildman–Crippen MR) is 114 cm³/mol. The molecule has 7 heteroatoms. The molecule has 2 aromatic carbocycles. The van der Waals surface area contributed by atoms with Gasteiger partial charge in [-0.2, -0.15) is 5.10 Å². The molecule has 0 saturated heterocycles. The number of hydrogen-bond acceptors (Lipinski definition) is 3. The fraction of sp³-hybridized carbons (Fsp3) is 0.348. The highest BCUT2D eigenvalue weighted by Crippen LogP contribution is 2.34. The molecule has 0 aromatic heterocycles. The highest BCUT2D eigenvalue weighted by Gasteiger charge is 2.35. The first-order valence-electron chi connectivity index (χ1n) is 10.1. The number of rotatable bonds is 5. The molecule has 1 aliphatic heterocycles. The first-order chi connectivity index (χ1) is 14.4. The normalized spacial score (nSPS) is 18.7. The van der Waals surface area contributed by atoms with Crippen LogP contribution in [-0.4, -0.2) is 41.0 Å². The quantitative estimate of drug-likeness (QED) is 0.709. The molecule has 0 N–H and O–H groups in total. The maximum absolute atomic E-state index is 14.3. The molecule has 4 rings (SSSR count). The second-order valence-corrected chi connectivity index (χ2v) is 8.29. The number of benzene rings is 2. The van der Waals surface area contributed by atoms with Gasteiger partial charge in [-0.15, -0.1) is 0 Å². The Morgan fingerprint density at radius 1 is 1.17 bits per heavy atom. The number of carbonyl (C=O) groups excluding carboxylic acids is 2. The number of hydrogen-bond donors (Lipinski definition) is 0. The van der Waals surface area contributed by atoms with E-state index in [1.54, 1.807) is 37.4 Å². The molecule has 0 spiro atoms. The monoisotopic (exact) mass is 427 g/mol. The van der Waals surface area contributed by atoms with E-state index in [0.29, 0.717) is 22.7 Å². The summed E-state index contributed by atoms with van der Waals surface area (Å²) < 4.78 is 14.3. The Kier molecular flexibility index (Phi) is 5.86. The Morgan fingerprint density at radius 3 is 2.50 bits per heavy atom. The average Bonchev–Trinajstić information content (AvgIpc) is 3.12. The summed E-state index contributed by atoms with van der Waals surface area (Å²) in [6.07, 6.45) is 3.20. The molecule has 5 nitrogen and oxygen atoms in total. The molecule has 156 valence electrons. The standard InChI is InChI=1S/C23H23ClFN3O2/c1-27(23(30)16-5-4-6-16)14-22(29)28-21(15-9-11-17(24)12-10-15)13-20(26-28)18-7-2-3-8-19(18)25/h2-3,7-12,16,21H,4-6,13-14H2,1H3. The van der Waals surface area contributed by atoms with Crippen molar-refractivity contribution < 1.29 is 14.0 Å². The molecule has 1 saturated carbocycles. The van der Waals surface area contributed by atoms with Crippen molar-refractivity contribution in [1.29, 1.82) is 0 Å². The zero-order valence-electron chi connectivity index (χ0n) is 16.7. The summed E-state index contributed by atoms with van der Waals surface area (Å²) in [5.41, 5.74) is 1.75. The molecular weight excluding hydrogens is 405 g/mol. The number of likely N-dealkylation sites (N-methyl/N-ethyl adjacent to an activating group) is 1. The Balaban J connectivity index is 1.59. The number of hydrazone groups is 1. The van der Waals surface area contributed by atoms with Gasteiger partial charge < -0.3 is 4.90 Å². The van der Waals surface area contributed by atoms with Gasteiger partial charge in [0.05, 0.1) is 11.8 Å². The second-order valence-electron chi connectivity index (χ2n) is 7.86. The number of halogens is 2. The Morgan fingerprint density at radius 2 is 1.87 bits per heavy atom. The highest BCUT2D eigenvalue weighted by atomic mass is 35.5. The van der Waals surface area contributed by atoms with Gasteiger partial charge in [0, 0.05) is 30.0 Å². The lowest BCUT2D eigenvalue weighted by Crippen LogP contribution is -2.42. The van der Waals surface area contributed by atoms with Gasteiger partial charge >= 0.3 is 0 Å². The van der Waals surface area contributed by atoms with E-state index in [1.807, 2.05) is 12.1 Å². The molecule has 2 amide bonds. The largest absolute Gasteiger partial charge is 0.336 e. The van der Waals surface area contributed by atoms with Crippen LogP contribution in [0.2, 0.25) is 5.02 Å². The van der Waals surface area contributed by atoms with Crippen molar-refractivity contribution in [1.82, 2.24) is 9.91 Å². The lowest BCUT2D eigenvalue weighted by Gasteiger charge is -2.30. The van der Waals surface area contributed by atoms with Crippen LogP contribution in [0.25, 0.3) is 0 Å². The van der Waals surface area contributed by atoms with Gasteiger partial charge in [0.15, 0.2) is 0 Å². The van der Waals surface area contributed by atoms with Gasteiger partial charge in [-0.3, -0.25) is 9.59 Å². The van der Waals surface area contributed by atoms with E-state index in [4.69, 9.17) is 11.6 Å². The zero-order chi connectivity index (χ0) is 21.3. The second kappa shape index (κ2) is 8.56. The summed E-state index contributed by atoms with van der Waals surface area (Å²) in [5.74, 6) is -0.657. The van der Waals surface area contributed by atoms with Crippen LogP contribution in [0.5, 0.6) is 0 Å². The molecule has 2 aliphatic rings. The minimum Gasteiger partial charge on any atom is -0.336 e. The van der Waals surface area contributed by atoms with E-state index in [9.17, 15) is 14.0 Å². The SMILES string of the molecule is CN(CC(=O)N1N=C(c2ccccc2F)CC1c1ccc(Cl)cc1)C(=O)C1CCC1. The van der Waals surface area contributed by atoms with Gasteiger partial charge in [-0.05, 0) is 36.6 Å². The summed E-state index contributed by atoms with van der Waals surface area (Å²) in [4.78, 5) is 27.0. The summed E-state index contributed by atoms with van der Waals surface area (Å²) >= 11 is 6.01. The van der Waals surface area contributed by atoms with Crippen molar-refractivity contribution in [2.45, 2.75) is 31.7 Å². The van der Waals surface area contributed by atoms with Crippen LogP contribution in [-0.2, 0) is 9.59 Å². The van der Waals surface area contributed by atoms with Crippen LogP contribution in [0.3, 0.4) is 0 Å². The van der Waals surface area contributed by atoms with Crippen LogP contribution < -0.4 is 0 Å². The minimum absolute atomic E-state index is 0.00449. The molecule has 1 aliphatic carbocycles. The predicted octanol–water partition coefficient (Wildman–Crippen LogP) is 4.42. The summed E-state index contributed by atoms with van der Waals surface area (Å²) in [6, 6.07) is 13.2. The third kappa shape index (κ3) is 4.10. The highest BCUT2D eigenvalue weighted by molar-refractivity contribution is 6.30. The van der Waals surface area contributed by atoms with Crippen LogP contribution in [0.1, 0.15) is 42.9 Å². The fourth-order valence-corrected chi connectivity index (χ4v) is 3.99. The molecule has 1 atom stereocenters. The van der Waals surface area contributed by atoms with Gasteiger partial charge in [-0.1, -0.05) is 48.4 Å². The summed E-state index contributed by atoms with van der Waals surface area (Å²) in [5, 5.41) is 6.46. The van der Waals surface area contributed by atoms with E-state index in [2.05, 4.69) is 5.10 Å². The number of carbonyl (C=O) groups is 2. The smallest absolute Gasteiger partial charge is 0.262 e. The van der Waals surface area contributed by atoms with Crippen LogP contribution in [0.4, 0.5) is 4.39 Å². The number of nitrogens with zero attached hydrogens (tertiary/aromatic N) is 3. The van der Waals surface area contributed by atoms with Gasteiger partial charge in [0.25, 0.3) is 5.91 Å². The lowest BCUT2D eigenvalue weighted by molar-refractivity contribution is -0.144. The van der Waals surface area contributed by atoms with Gasteiger partial charge in [-0.25, -0.2) is 9.40 Å². The van der Waals surface area contributed by atoms with Crippen molar-refractivity contribution in [2.24, 2.45) is 11.0 Å². The Labute approximate surface area is 180 Å². The van der Waals surface area contributed by atoms with Crippen LogP contribution in [0, 0.1) is 11.7 Å². The third-order valence-corrected chi connectivity index (χ3v) is 6.06. The Bertz CT molecular complexity index is 988. The van der Waals surface area contributed by atoms with Crippen molar-refractivity contribution in [3.05, 3.63) is 70.5 Å². The third-order valence-electron chi connectivity index (χ3n) is 5.81. The first kappa shape index (κ1) is 20.5. The zero-order valence-corrected chi connectivity index (χ0v) is 17.5. The average molecular weight is 428 g/mol. The van der Waals surface area contributed by atoms with Crippen LogP contribution >= 0.6 is 11.6 Å². The van der Waals surface area contributed by atoms with Crippen molar-refractivity contribution in [2.75, 3.05) is 13.6 Å². The maximum atomic E-state index is 14.3. The number of amides is 2. The first-order valence-corrected chi connectivity index (χ1v) is 10.5. The van der Waals surface area contributed by atoms with Crippen molar-refractivity contribution >= 4 is 29.1 Å². The molecule has 30 heavy (non-hydrogen) atoms. The van der Waals surface area contributed by atoms with E-state index in [-0.39, 0.29) is 36.1 Å². The van der Waals surface area contributed by atoms with Crippen molar-refractivity contribution in [3.8, 4) is 0 Å². The minimum atomic E-state index is -0.378. The van der Waals surface area contributed by atoms with E-state index >= 15 is 0 Å². The Hall–Kier alpha value is -2.73. The summed E-state index contributed by atoms with van der Waals surface area (Å²) in [7, 11) is 1.65.